The van der Waals surface area contributed by atoms with Crippen LogP contribution in [0.4, 0.5) is 5.95 Å². The van der Waals surface area contributed by atoms with E-state index in [0.717, 1.165) is 22.2 Å². The molecule has 0 aliphatic heterocycles. The van der Waals surface area contributed by atoms with Crippen LogP contribution in [0.25, 0.3) is 16.6 Å². The summed E-state index contributed by atoms with van der Waals surface area (Å²) in [4.78, 5) is 8.76. The fourth-order valence-corrected chi connectivity index (χ4v) is 1.80. The Bertz CT molecular complexity index is 654. The number of nitrogens with two attached hydrogens (primary N) is 1. The summed E-state index contributed by atoms with van der Waals surface area (Å²) in [5, 5.41) is 1.03. The minimum atomic E-state index is 0.476. The Balaban J connectivity index is 2.63. The maximum absolute atomic E-state index is 5.85. The molecule has 15 heavy (non-hydrogen) atoms. The molecule has 0 fully saturated rings. The number of imidazole rings is 1. The van der Waals surface area contributed by atoms with Gasteiger partial charge < -0.3 is 5.73 Å². The Kier molecular flexibility index (Phi) is 1.48. The van der Waals surface area contributed by atoms with E-state index in [9.17, 15) is 0 Å². The standard InChI is InChI=1S/C11H10N4/c1-7-6-15-10(13-7)8-4-2-3-5-9(8)14-11(15)12/h2-6H,1H3,(H2,12,14). The lowest BCUT2D eigenvalue weighted by Crippen LogP contribution is -2.00. The third-order valence-electron chi connectivity index (χ3n) is 2.45. The van der Waals surface area contributed by atoms with E-state index in [2.05, 4.69) is 9.97 Å². The molecule has 4 nitrogen and oxygen atoms in total. The highest BCUT2D eigenvalue weighted by Crippen LogP contribution is 2.19. The molecule has 0 radical (unpaired) electrons. The quantitative estimate of drug-likeness (QED) is 0.599. The van der Waals surface area contributed by atoms with Crippen molar-refractivity contribution in [3.05, 3.63) is 36.2 Å². The predicted octanol–water partition coefficient (Wildman–Crippen LogP) is 1.77. The molecule has 2 aromatic heterocycles. The number of anilines is 1. The number of nitrogens with zero attached hydrogens (tertiary/aromatic N) is 3. The van der Waals surface area contributed by atoms with Crippen LogP contribution >= 0.6 is 0 Å². The lowest BCUT2D eigenvalue weighted by atomic mass is 10.2. The molecule has 2 N–H and O–H groups in total. The van der Waals surface area contributed by atoms with E-state index in [0.29, 0.717) is 5.95 Å². The highest BCUT2D eigenvalue weighted by molar-refractivity contribution is 5.92. The first-order valence-electron chi connectivity index (χ1n) is 4.75. The molecular formula is C11H10N4. The monoisotopic (exact) mass is 198 g/mol. The van der Waals surface area contributed by atoms with Crippen LogP contribution in [0.3, 0.4) is 0 Å². The maximum atomic E-state index is 5.85. The second-order valence-electron chi connectivity index (χ2n) is 3.56. The van der Waals surface area contributed by atoms with Crippen molar-refractivity contribution in [2.24, 2.45) is 0 Å². The van der Waals surface area contributed by atoms with Crippen molar-refractivity contribution >= 4 is 22.5 Å². The van der Waals surface area contributed by atoms with E-state index in [1.165, 1.54) is 0 Å². The number of aryl methyl sites for hydroxylation is 1. The molecule has 0 saturated carbocycles. The Hall–Kier alpha value is -2.10. The summed E-state index contributed by atoms with van der Waals surface area (Å²) < 4.78 is 1.82. The molecule has 74 valence electrons. The molecule has 0 aliphatic carbocycles. The van der Waals surface area contributed by atoms with Gasteiger partial charge in [0.25, 0.3) is 0 Å². The summed E-state index contributed by atoms with van der Waals surface area (Å²) in [6.45, 7) is 1.95. The molecule has 0 amide bonds. The number of rotatable bonds is 0. The first-order valence-corrected chi connectivity index (χ1v) is 4.75. The van der Waals surface area contributed by atoms with Gasteiger partial charge in [-0.2, -0.15) is 0 Å². The van der Waals surface area contributed by atoms with E-state index in [1.54, 1.807) is 0 Å². The number of fused-ring (bicyclic) bond motifs is 3. The van der Waals surface area contributed by atoms with Crippen molar-refractivity contribution in [1.82, 2.24) is 14.4 Å². The normalized spacial score (nSPS) is 11.3. The molecule has 0 aliphatic rings. The third kappa shape index (κ3) is 1.08. The van der Waals surface area contributed by atoms with Gasteiger partial charge in [-0.25, -0.2) is 9.97 Å². The van der Waals surface area contributed by atoms with Gasteiger partial charge >= 0.3 is 0 Å². The first kappa shape index (κ1) is 8.23. The van der Waals surface area contributed by atoms with Gasteiger partial charge in [0.1, 0.15) is 5.65 Å². The highest BCUT2D eigenvalue weighted by atomic mass is 15.1. The third-order valence-corrected chi connectivity index (χ3v) is 2.45. The number of hydrogen-bond acceptors (Lipinski definition) is 3. The highest BCUT2D eigenvalue weighted by Gasteiger charge is 2.06. The molecular weight excluding hydrogens is 188 g/mol. The minimum absolute atomic E-state index is 0.476. The molecule has 1 aromatic carbocycles. The van der Waals surface area contributed by atoms with Gasteiger partial charge in [0.2, 0.25) is 5.95 Å². The van der Waals surface area contributed by atoms with Crippen molar-refractivity contribution in [3.63, 3.8) is 0 Å². The van der Waals surface area contributed by atoms with Crippen LogP contribution in [-0.4, -0.2) is 14.4 Å². The van der Waals surface area contributed by atoms with Gasteiger partial charge in [0, 0.05) is 11.6 Å². The van der Waals surface area contributed by atoms with Gasteiger partial charge in [0.15, 0.2) is 0 Å². The lowest BCUT2D eigenvalue weighted by molar-refractivity contribution is 1.14. The average molecular weight is 198 g/mol. The van der Waals surface area contributed by atoms with Crippen LogP contribution in [0.2, 0.25) is 0 Å². The Morgan fingerprint density at radius 2 is 2.00 bits per heavy atom. The van der Waals surface area contributed by atoms with Crippen LogP contribution in [0.15, 0.2) is 30.5 Å². The van der Waals surface area contributed by atoms with Crippen LogP contribution in [0, 0.1) is 6.92 Å². The summed E-state index contributed by atoms with van der Waals surface area (Å²) in [5.41, 5.74) is 8.55. The van der Waals surface area contributed by atoms with Crippen molar-refractivity contribution in [3.8, 4) is 0 Å². The number of benzene rings is 1. The van der Waals surface area contributed by atoms with Crippen LogP contribution in [0.1, 0.15) is 5.69 Å². The van der Waals surface area contributed by atoms with Gasteiger partial charge in [-0.1, -0.05) is 12.1 Å². The van der Waals surface area contributed by atoms with Gasteiger partial charge in [-0.3, -0.25) is 4.40 Å². The lowest BCUT2D eigenvalue weighted by Gasteiger charge is -2.02. The summed E-state index contributed by atoms with van der Waals surface area (Å²) >= 11 is 0. The number of para-hydroxylation sites is 1. The molecule has 0 unspecified atom stereocenters. The Labute approximate surface area is 86.4 Å². The predicted molar refractivity (Wildman–Crippen MR) is 59.6 cm³/mol. The van der Waals surface area contributed by atoms with Gasteiger partial charge in [0.05, 0.1) is 11.2 Å². The molecule has 0 bridgehead atoms. The topological polar surface area (TPSA) is 56.2 Å². The van der Waals surface area contributed by atoms with E-state index < -0.39 is 0 Å². The molecule has 4 heteroatoms. The smallest absolute Gasteiger partial charge is 0.206 e. The van der Waals surface area contributed by atoms with Gasteiger partial charge in [-0.15, -0.1) is 0 Å². The summed E-state index contributed by atoms with van der Waals surface area (Å²) in [5.74, 6) is 0.476. The van der Waals surface area contributed by atoms with Crippen LogP contribution < -0.4 is 5.73 Å². The zero-order valence-electron chi connectivity index (χ0n) is 8.31. The fourth-order valence-electron chi connectivity index (χ4n) is 1.80. The molecule has 0 spiro atoms. The van der Waals surface area contributed by atoms with E-state index in [4.69, 9.17) is 5.73 Å². The largest absolute Gasteiger partial charge is 0.369 e. The van der Waals surface area contributed by atoms with Gasteiger partial charge in [-0.05, 0) is 19.1 Å². The Morgan fingerprint density at radius 3 is 2.87 bits per heavy atom. The second kappa shape index (κ2) is 2.70. The maximum Gasteiger partial charge on any atom is 0.206 e. The minimum Gasteiger partial charge on any atom is -0.369 e. The van der Waals surface area contributed by atoms with E-state index >= 15 is 0 Å². The van der Waals surface area contributed by atoms with Crippen molar-refractivity contribution in [2.75, 3.05) is 5.73 Å². The summed E-state index contributed by atoms with van der Waals surface area (Å²) in [6, 6.07) is 7.87. The van der Waals surface area contributed by atoms with Crippen molar-refractivity contribution < 1.29 is 0 Å². The first-order chi connectivity index (χ1) is 7.25. The fraction of sp³-hybridized carbons (Fsp3) is 0.0909. The molecule has 3 aromatic rings. The van der Waals surface area contributed by atoms with Crippen LogP contribution in [0.5, 0.6) is 0 Å². The molecule has 0 atom stereocenters. The van der Waals surface area contributed by atoms with E-state index in [-0.39, 0.29) is 0 Å². The average Bonchev–Trinajstić information content (AvgIpc) is 2.61. The van der Waals surface area contributed by atoms with Crippen molar-refractivity contribution in [1.29, 1.82) is 0 Å². The zero-order valence-corrected chi connectivity index (χ0v) is 8.31. The van der Waals surface area contributed by atoms with Crippen molar-refractivity contribution in [2.45, 2.75) is 6.92 Å². The molecule has 3 rings (SSSR count). The van der Waals surface area contributed by atoms with E-state index in [1.807, 2.05) is 41.8 Å². The second-order valence-corrected chi connectivity index (χ2v) is 3.56. The molecule has 2 heterocycles. The number of nitrogen functional groups attached to an aromatic ring is 1. The Morgan fingerprint density at radius 1 is 1.20 bits per heavy atom. The molecule has 0 saturated heterocycles. The number of aromatic nitrogens is 3. The summed E-state index contributed by atoms with van der Waals surface area (Å²) in [6.07, 6.45) is 1.89. The number of hydrogen-bond donors (Lipinski definition) is 1. The van der Waals surface area contributed by atoms with Crippen LogP contribution in [-0.2, 0) is 0 Å². The SMILES string of the molecule is Cc1cn2c(N)nc3ccccc3c2n1. The summed E-state index contributed by atoms with van der Waals surface area (Å²) in [7, 11) is 0. The zero-order chi connectivity index (χ0) is 10.4.